The number of para-hydroxylation sites is 1. The van der Waals surface area contributed by atoms with E-state index in [1.807, 2.05) is 41.9 Å². The summed E-state index contributed by atoms with van der Waals surface area (Å²) < 4.78 is 0.968. The molecule has 0 bridgehead atoms. The van der Waals surface area contributed by atoms with E-state index in [2.05, 4.69) is 32.0 Å². The normalized spacial score (nSPS) is 16.3. The summed E-state index contributed by atoms with van der Waals surface area (Å²) in [6.45, 7) is 0.463. The van der Waals surface area contributed by atoms with Gasteiger partial charge in [-0.25, -0.2) is 4.99 Å². The summed E-state index contributed by atoms with van der Waals surface area (Å²) in [4.78, 5) is 35.0. The van der Waals surface area contributed by atoms with Crippen LogP contribution in [-0.2, 0) is 11.2 Å². The van der Waals surface area contributed by atoms with E-state index in [0.29, 0.717) is 28.7 Å². The molecule has 0 atom stereocenters. The molecule has 0 aliphatic carbocycles. The number of amides is 1. The first-order valence-electron chi connectivity index (χ1n) is 10.3. The molecule has 34 heavy (non-hydrogen) atoms. The number of nitrogens with zero attached hydrogens (tertiary/aromatic N) is 3. The third-order valence-electron chi connectivity index (χ3n) is 5.31. The third kappa shape index (κ3) is 4.70. The second kappa shape index (κ2) is 9.57. The van der Waals surface area contributed by atoms with E-state index >= 15 is 0 Å². The highest BCUT2D eigenvalue weighted by Gasteiger charge is 2.33. The van der Waals surface area contributed by atoms with E-state index < -0.39 is 4.92 Å². The quantitative estimate of drug-likeness (QED) is 0.163. The van der Waals surface area contributed by atoms with Crippen molar-refractivity contribution in [1.29, 1.82) is 0 Å². The molecule has 0 radical (unpaired) electrons. The van der Waals surface area contributed by atoms with Crippen molar-refractivity contribution in [3.05, 3.63) is 96.1 Å². The molecule has 2 aromatic heterocycles. The number of benzene rings is 2. The summed E-state index contributed by atoms with van der Waals surface area (Å²) in [5.74, 6) is -0.102. The van der Waals surface area contributed by atoms with E-state index in [1.165, 1.54) is 23.9 Å². The molecule has 0 unspecified atom stereocenters. The summed E-state index contributed by atoms with van der Waals surface area (Å²) in [5, 5.41) is 14.6. The molecular weight excluding hydrogens is 536 g/mol. The first-order chi connectivity index (χ1) is 16.5. The average molecular weight is 553 g/mol. The lowest BCUT2D eigenvalue weighted by molar-refractivity contribution is -0.384. The number of rotatable bonds is 6. The van der Waals surface area contributed by atoms with Gasteiger partial charge in [0.15, 0.2) is 5.17 Å². The summed E-state index contributed by atoms with van der Waals surface area (Å²) in [5.41, 5.74) is 2.74. The van der Waals surface area contributed by atoms with Crippen LogP contribution in [0.4, 0.5) is 11.4 Å². The van der Waals surface area contributed by atoms with Crippen LogP contribution in [0.5, 0.6) is 0 Å². The van der Waals surface area contributed by atoms with Crippen molar-refractivity contribution in [3.8, 4) is 0 Å². The van der Waals surface area contributed by atoms with Gasteiger partial charge in [0.2, 0.25) is 0 Å². The minimum absolute atomic E-state index is 0.000787. The Balaban J connectivity index is 1.45. The number of nitro benzene ring substituents is 1. The van der Waals surface area contributed by atoms with Gasteiger partial charge in [0.25, 0.3) is 11.6 Å². The number of carbonyl (C=O) groups excluding carboxylic acids is 1. The van der Waals surface area contributed by atoms with Crippen LogP contribution in [-0.4, -0.2) is 32.4 Å². The Morgan fingerprint density at radius 1 is 1.18 bits per heavy atom. The average Bonchev–Trinajstić information content (AvgIpc) is 3.51. The van der Waals surface area contributed by atoms with Crippen LogP contribution in [0, 0.1) is 10.1 Å². The standard InChI is InChI=1S/C24H17BrN4O3S2/c25-16-11-19(33-14-16)12-22-23(30)28(10-9-15-13-26-21-4-2-1-3-20(15)21)24(34-22)27-17-5-7-18(8-6-17)29(31)32/h1-8,11-14,26H,9-10H2/b22-12-,27-24?. The Morgan fingerprint density at radius 2 is 1.97 bits per heavy atom. The predicted molar refractivity (Wildman–Crippen MR) is 141 cm³/mol. The molecule has 170 valence electrons. The van der Waals surface area contributed by atoms with Crippen molar-refractivity contribution < 1.29 is 9.72 Å². The van der Waals surface area contributed by atoms with Crippen LogP contribution in [0.3, 0.4) is 0 Å². The van der Waals surface area contributed by atoms with E-state index in [9.17, 15) is 14.9 Å². The molecular formula is C24H17BrN4O3S2. The van der Waals surface area contributed by atoms with Crippen LogP contribution in [0.25, 0.3) is 17.0 Å². The minimum Gasteiger partial charge on any atom is -0.361 e. The summed E-state index contributed by atoms with van der Waals surface area (Å²) in [6, 6.07) is 16.0. The van der Waals surface area contributed by atoms with Gasteiger partial charge in [-0.2, -0.15) is 0 Å². The van der Waals surface area contributed by atoms with Crippen molar-refractivity contribution in [2.45, 2.75) is 6.42 Å². The molecule has 1 aliphatic rings. The van der Waals surface area contributed by atoms with Gasteiger partial charge >= 0.3 is 0 Å². The van der Waals surface area contributed by atoms with Crippen LogP contribution in [0.1, 0.15) is 10.4 Å². The number of thioether (sulfide) groups is 1. The fourth-order valence-electron chi connectivity index (χ4n) is 3.65. The fraction of sp³-hybridized carbons (Fsp3) is 0.0833. The molecule has 7 nitrogen and oxygen atoms in total. The van der Waals surface area contributed by atoms with Crippen molar-refractivity contribution in [2.75, 3.05) is 6.54 Å². The Kier molecular flexibility index (Phi) is 6.36. The van der Waals surface area contributed by atoms with Crippen LogP contribution < -0.4 is 0 Å². The van der Waals surface area contributed by atoms with Gasteiger partial charge in [0.1, 0.15) is 0 Å². The lowest BCUT2D eigenvalue weighted by atomic mass is 10.1. The van der Waals surface area contributed by atoms with Crippen molar-refractivity contribution >= 4 is 78.5 Å². The summed E-state index contributed by atoms with van der Waals surface area (Å²) in [6.07, 6.45) is 4.51. The van der Waals surface area contributed by atoms with Gasteiger partial charge in [-0.3, -0.25) is 19.8 Å². The zero-order valence-corrected chi connectivity index (χ0v) is 20.8. The van der Waals surface area contributed by atoms with E-state index in [4.69, 9.17) is 0 Å². The second-order valence-corrected chi connectivity index (χ2v) is 10.4. The number of amidine groups is 1. The molecule has 5 rings (SSSR count). The number of H-pyrrole nitrogens is 1. The van der Waals surface area contributed by atoms with E-state index in [0.717, 1.165) is 25.8 Å². The van der Waals surface area contributed by atoms with Crippen molar-refractivity contribution in [3.63, 3.8) is 0 Å². The van der Waals surface area contributed by atoms with Crippen molar-refractivity contribution in [2.24, 2.45) is 4.99 Å². The molecule has 1 aliphatic heterocycles. The summed E-state index contributed by atoms with van der Waals surface area (Å²) >= 11 is 6.31. The number of aliphatic imine (C=N–C) groups is 1. The zero-order chi connectivity index (χ0) is 23.7. The molecule has 4 aromatic rings. The SMILES string of the molecule is O=C1/C(=C/c2cc(Br)cs2)SC(=Nc2ccc([N+](=O)[O-])cc2)N1CCc1c[nH]c2ccccc12. The highest BCUT2D eigenvalue weighted by Crippen LogP contribution is 2.36. The number of hydrogen-bond acceptors (Lipinski definition) is 6. The summed E-state index contributed by atoms with van der Waals surface area (Å²) in [7, 11) is 0. The van der Waals surface area contributed by atoms with Gasteiger partial charge in [-0.1, -0.05) is 18.2 Å². The number of thiophene rings is 1. The molecule has 1 N–H and O–H groups in total. The largest absolute Gasteiger partial charge is 0.361 e. The fourth-order valence-corrected chi connectivity index (χ4v) is 6.12. The Labute approximate surface area is 211 Å². The molecule has 3 heterocycles. The Hall–Kier alpha value is -3.21. The molecule has 0 saturated carbocycles. The first-order valence-corrected chi connectivity index (χ1v) is 12.8. The number of aromatic amines is 1. The topological polar surface area (TPSA) is 91.6 Å². The molecule has 10 heteroatoms. The molecule has 2 aromatic carbocycles. The number of fused-ring (bicyclic) bond motifs is 1. The van der Waals surface area contributed by atoms with Gasteiger partial charge < -0.3 is 4.98 Å². The van der Waals surface area contributed by atoms with Crippen molar-refractivity contribution in [1.82, 2.24) is 9.88 Å². The highest BCUT2D eigenvalue weighted by atomic mass is 79.9. The Bertz CT molecular complexity index is 1460. The molecule has 0 spiro atoms. The number of nitrogens with one attached hydrogen (secondary N) is 1. The van der Waals surface area contributed by atoms with Crippen LogP contribution in [0.2, 0.25) is 0 Å². The number of halogens is 1. The highest BCUT2D eigenvalue weighted by molar-refractivity contribution is 9.10. The number of hydrogen-bond donors (Lipinski definition) is 1. The maximum Gasteiger partial charge on any atom is 0.269 e. The van der Waals surface area contributed by atoms with E-state index in [-0.39, 0.29) is 11.6 Å². The smallest absolute Gasteiger partial charge is 0.269 e. The number of non-ortho nitro benzene ring substituents is 1. The van der Waals surface area contributed by atoms with Gasteiger partial charge in [0.05, 0.1) is 15.5 Å². The van der Waals surface area contributed by atoms with E-state index in [1.54, 1.807) is 28.4 Å². The van der Waals surface area contributed by atoms with Gasteiger partial charge in [-0.05, 0) is 70.0 Å². The molecule has 1 saturated heterocycles. The zero-order valence-electron chi connectivity index (χ0n) is 17.6. The first kappa shape index (κ1) is 22.6. The number of nitro groups is 1. The predicted octanol–water partition coefficient (Wildman–Crippen LogP) is 6.75. The van der Waals surface area contributed by atoms with Gasteiger partial charge in [-0.15, -0.1) is 11.3 Å². The lowest BCUT2D eigenvalue weighted by Gasteiger charge is -2.15. The lowest BCUT2D eigenvalue weighted by Crippen LogP contribution is -2.31. The third-order valence-corrected chi connectivity index (χ3v) is 7.96. The molecule has 1 fully saturated rings. The Morgan fingerprint density at radius 3 is 2.71 bits per heavy atom. The number of aromatic nitrogens is 1. The monoisotopic (exact) mass is 552 g/mol. The maximum absolute atomic E-state index is 13.3. The number of carbonyl (C=O) groups is 1. The maximum atomic E-state index is 13.3. The van der Waals surface area contributed by atoms with Crippen LogP contribution in [0.15, 0.2) is 80.5 Å². The second-order valence-electron chi connectivity index (χ2n) is 7.51. The van der Waals surface area contributed by atoms with Gasteiger partial charge in [0, 0.05) is 50.5 Å². The minimum atomic E-state index is -0.446. The van der Waals surface area contributed by atoms with Crippen LogP contribution >= 0.6 is 39.0 Å². The molecule has 1 amide bonds.